The molecule has 1 aromatic rings. The van der Waals surface area contributed by atoms with Gasteiger partial charge in [0, 0.05) is 56.6 Å². The zero-order valence-electron chi connectivity index (χ0n) is 16.3. The predicted octanol–water partition coefficient (Wildman–Crippen LogP) is 2.84. The smallest absolute Gasteiger partial charge is 0.409 e. The van der Waals surface area contributed by atoms with Crippen molar-refractivity contribution in [3.05, 3.63) is 22.4 Å². The van der Waals surface area contributed by atoms with E-state index in [1.54, 1.807) is 16.2 Å². The van der Waals surface area contributed by atoms with Crippen molar-refractivity contribution in [1.82, 2.24) is 14.7 Å². The molecule has 0 radical (unpaired) electrons. The van der Waals surface area contributed by atoms with Crippen LogP contribution in [-0.4, -0.2) is 78.6 Å². The van der Waals surface area contributed by atoms with Gasteiger partial charge in [-0.2, -0.15) is 0 Å². The molecule has 150 valence electrons. The molecule has 0 bridgehead atoms. The van der Waals surface area contributed by atoms with Gasteiger partial charge < -0.3 is 14.5 Å². The maximum atomic E-state index is 12.6. The van der Waals surface area contributed by atoms with Crippen LogP contribution in [0.5, 0.6) is 0 Å². The number of carbonyl (C=O) groups is 2. The fourth-order valence-electron chi connectivity index (χ4n) is 3.99. The lowest BCUT2D eigenvalue weighted by Gasteiger charge is -2.43. The standard InChI is InChI=1S/C20H31N3O3S/c1-2-26-20(25)22-13-11-21(12-14-22)17-6-4-10-23(16-17)19(24)9-3-7-18-8-5-15-27-18/h5,8,15,17H,2-4,6-7,9-14,16H2,1H3. The van der Waals surface area contributed by atoms with Crippen LogP contribution in [0.1, 0.15) is 37.5 Å². The zero-order valence-corrected chi connectivity index (χ0v) is 17.1. The van der Waals surface area contributed by atoms with Gasteiger partial charge in [-0.25, -0.2) is 4.79 Å². The quantitative estimate of drug-likeness (QED) is 0.746. The second-order valence-corrected chi connectivity index (χ2v) is 8.32. The van der Waals surface area contributed by atoms with Crippen LogP contribution in [0.15, 0.2) is 17.5 Å². The number of hydrogen-bond donors (Lipinski definition) is 0. The van der Waals surface area contributed by atoms with E-state index in [1.165, 1.54) is 4.88 Å². The Bertz CT molecular complexity index is 600. The van der Waals surface area contributed by atoms with Crippen molar-refractivity contribution in [2.75, 3.05) is 45.9 Å². The molecule has 2 fully saturated rings. The third-order valence-corrected chi connectivity index (χ3v) is 6.44. The third kappa shape index (κ3) is 5.69. The van der Waals surface area contributed by atoms with Gasteiger partial charge in [0.15, 0.2) is 0 Å². The maximum Gasteiger partial charge on any atom is 0.409 e. The average molecular weight is 394 g/mol. The molecule has 1 unspecified atom stereocenters. The van der Waals surface area contributed by atoms with Gasteiger partial charge in [0.25, 0.3) is 0 Å². The van der Waals surface area contributed by atoms with Crippen molar-refractivity contribution in [3.8, 4) is 0 Å². The van der Waals surface area contributed by atoms with Gasteiger partial charge >= 0.3 is 6.09 Å². The normalized spacial score (nSPS) is 21.3. The van der Waals surface area contributed by atoms with Crippen LogP contribution in [0.25, 0.3) is 0 Å². The molecule has 7 heteroatoms. The minimum atomic E-state index is -0.205. The van der Waals surface area contributed by atoms with Crippen molar-refractivity contribution >= 4 is 23.3 Å². The fraction of sp³-hybridized carbons (Fsp3) is 0.700. The van der Waals surface area contributed by atoms with E-state index < -0.39 is 0 Å². The summed E-state index contributed by atoms with van der Waals surface area (Å²) in [5.41, 5.74) is 0. The Hall–Kier alpha value is -1.60. The number of piperidine rings is 1. The molecule has 2 amide bonds. The summed E-state index contributed by atoms with van der Waals surface area (Å²) in [7, 11) is 0. The van der Waals surface area contributed by atoms with Crippen molar-refractivity contribution in [3.63, 3.8) is 0 Å². The maximum absolute atomic E-state index is 12.6. The van der Waals surface area contributed by atoms with E-state index in [4.69, 9.17) is 4.74 Å². The van der Waals surface area contributed by atoms with Crippen LogP contribution in [0, 0.1) is 0 Å². The summed E-state index contributed by atoms with van der Waals surface area (Å²) < 4.78 is 5.09. The zero-order chi connectivity index (χ0) is 19.1. The molecule has 0 N–H and O–H groups in total. The summed E-state index contributed by atoms with van der Waals surface area (Å²) >= 11 is 1.77. The van der Waals surface area contributed by atoms with Crippen LogP contribution >= 0.6 is 11.3 Å². The molecule has 3 rings (SSSR count). The van der Waals surface area contributed by atoms with E-state index >= 15 is 0 Å². The van der Waals surface area contributed by atoms with Gasteiger partial charge in [-0.1, -0.05) is 6.07 Å². The molecular formula is C20H31N3O3S. The Morgan fingerprint density at radius 1 is 1.19 bits per heavy atom. The lowest BCUT2D eigenvalue weighted by atomic mass is 10.0. The van der Waals surface area contributed by atoms with Gasteiger partial charge in [0.05, 0.1) is 6.61 Å². The van der Waals surface area contributed by atoms with Crippen LogP contribution in [0.3, 0.4) is 0 Å². The minimum absolute atomic E-state index is 0.205. The predicted molar refractivity (Wildman–Crippen MR) is 107 cm³/mol. The van der Waals surface area contributed by atoms with E-state index in [1.807, 2.05) is 6.92 Å². The Morgan fingerprint density at radius 2 is 2.00 bits per heavy atom. The first-order valence-electron chi connectivity index (χ1n) is 10.1. The first-order chi connectivity index (χ1) is 13.2. The highest BCUT2D eigenvalue weighted by Crippen LogP contribution is 2.20. The topological polar surface area (TPSA) is 53.1 Å². The molecule has 3 heterocycles. The van der Waals surface area contributed by atoms with Crippen LogP contribution in [0.4, 0.5) is 4.79 Å². The van der Waals surface area contributed by atoms with Crippen molar-refractivity contribution in [2.24, 2.45) is 0 Å². The molecular weight excluding hydrogens is 362 g/mol. The van der Waals surface area contributed by atoms with E-state index in [-0.39, 0.29) is 6.09 Å². The molecule has 0 aromatic carbocycles. The summed E-state index contributed by atoms with van der Waals surface area (Å²) in [6.45, 7) is 7.13. The number of piperazine rings is 1. The van der Waals surface area contributed by atoms with Crippen LogP contribution in [0.2, 0.25) is 0 Å². The van der Waals surface area contributed by atoms with Crippen molar-refractivity contribution in [2.45, 2.75) is 45.1 Å². The summed E-state index contributed by atoms with van der Waals surface area (Å²) in [4.78, 5) is 32.1. The number of hydrogen-bond acceptors (Lipinski definition) is 5. The SMILES string of the molecule is CCOC(=O)N1CCN(C2CCCN(C(=O)CCCc3cccs3)C2)CC1. The molecule has 2 aliphatic rings. The molecule has 6 nitrogen and oxygen atoms in total. The molecule has 1 aromatic heterocycles. The molecule has 2 aliphatic heterocycles. The number of aryl methyl sites for hydroxylation is 1. The monoisotopic (exact) mass is 393 g/mol. The van der Waals surface area contributed by atoms with Crippen molar-refractivity contribution < 1.29 is 14.3 Å². The minimum Gasteiger partial charge on any atom is -0.450 e. The largest absolute Gasteiger partial charge is 0.450 e. The number of carbonyl (C=O) groups excluding carboxylic acids is 2. The lowest BCUT2D eigenvalue weighted by Crippen LogP contribution is -2.56. The first-order valence-corrected chi connectivity index (χ1v) is 11.0. The van der Waals surface area contributed by atoms with Gasteiger partial charge in [-0.05, 0) is 44.1 Å². The Labute approximate surface area is 166 Å². The van der Waals surface area contributed by atoms with E-state index in [0.29, 0.717) is 38.1 Å². The fourth-order valence-corrected chi connectivity index (χ4v) is 4.74. The summed E-state index contributed by atoms with van der Waals surface area (Å²) in [6.07, 6.45) is 4.57. The molecule has 1 atom stereocenters. The number of likely N-dealkylation sites (tertiary alicyclic amines) is 1. The van der Waals surface area contributed by atoms with E-state index in [0.717, 1.165) is 51.9 Å². The van der Waals surface area contributed by atoms with Gasteiger partial charge in [-0.15, -0.1) is 11.3 Å². The number of rotatable bonds is 6. The van der Waals surface area contributed by atoms with Gasteiger partial charge in [0.2, 0.25) is 5.91 Å². The Morgan fingerprint density at radius 3 is 2.70 bits per heavy atom. The molecule has 27 heavy (non-hydrogen) atoms. The van der Waals surface area contributed by atoms with Crippen molar-refractivity contribution in [1.29, 1.82) is 0 Å². The van der Waals surface area contributed by atoms with Crippen LogP contribution in [-0.2, 0) is 16.0 Å². The second kappa shape index (κ2) is 10.1. The van der Waals surface area contributed by atoms with Gasteiger partial charge in [-0.3, -0.25) is 9.69 Å². The van der Waals surface area contributed by atoms with Gasteiger partial charge in [0.1, 0.15) is 0 Å². The molecule has 0 spiro atoms. The highest BCUT2D eigenvalue weighted by molar-refractivity contribution is 7.09. The number of ether oxygens (including phenoxy) is 1. The number of nitrogens with zero attached hydrogens (tertiary/aromatic N) is 3. The van der Waals surface area contributed by atoms with E-state index in [9.17, 15) is 9.59 Å². The van der Waals surface area contributed by atoms with Crippen LogP contribution < -0.4 is 0 Å². The summed E-state index contributed by atoms with van der Waals surface area (Å²) in [6, 6.07) is 4.63. The Kier molecular flexibility index (Phi) is 7.52. The highest BCUT2D eigenvalue weighted by Gasteiger charge is 2.31. The third-order valence-electron chi connectivity index (χ3n) is 5.50. The number of amides is 2. The average Bonchev–Trinajstić information content (AvgIpc) is 3.22. The highest BCUT2D eigenvalue weighted by atomic mass is 32.1. The van der Waals surface area contributed by atoms with E-state index in [2.05, 4.69) is 27.3 Å². The lowest BCUT2D eigenvalue weighted by molar-refractivity contribution is -0.133. The summed E-state index contributed by atoms with van der Waals surface area (Å²) in [5.74, 6) is 0.293. The molecule has 2 saturated heterocycles. The molecule has 0 saturated carbocycles. The summed E-state index contributed by atoms with van der Waals surface area (Å²) in [5, 5.41) is 2.09. The molecule has 0 aliphatic carbocycles. The first kappa shape index (κ1) is 20.1. The number of thiophene rings is 1. The Balaban J connectivity index is 1.41. The second-order valence-electron chi connectivity index (χ2n) is 7.29.